The first-order chi connectivity index (χ1) is 12.0. The van der Waals surface area contributed by atoms with E-state index >= 15 is 0 Å². The van der Waals surface area contributed by atoms with E-state index in [1.165, 1.54) is 16.4 Å². The minimum atomic E-state index is -3.70. The van der Waals surface area contributed by atoms with Gasteiger partial charge in [0.2, 0.25) is 15.9 Å². The Balaban J connectivity index is 1.65. The second-order valence-electron chi connectivity index (χ2n) is 6.71. The lowest BCUT2D eigenvalue weighted by atomic mass is 9.97. The third kappa shape index (κ3) is 4.37. The summed E-state index contributed by atoms with van der Waals surface area (Å²) in [6.45, 7) is 2.29. The molecule has 0 aliphatic carbocycles. The van der Waals surface area contributed by atoms with Crippen LogP contribution in [-0.4, -0.2) is 50.9 Å². The van der Waals surface area contributed by atoms with Gasteiger partial charge in [-0.15, -0.1) is 0 Å². The smallest absolute Gasteiger partial charge is 0.243 e. The van der Waals surface area contributed by atoms with Crippen molar-refractivity contribution in [2.24, 2.45) is 5.92 Å². The Morgan fingerprint density at radius 1 is 1.20 bits per heavy atom. The van der Waals surface area contributed by atoms with Crippen molar-refractivity contribution in [2.45, 2.75) is 36.6 Å². The van der Waals surface area contributed by atoms with Crippen LogP contribution in [0.4, 0.5) is 4.39 Å². The van der Waals surface area contributed by atoms with Crippen LogP contribution < -0.4 is 10.6 Å². The van der Waals surface area contributed by atoms with Gasteiger partial charge in [0.25, 0.3) is 0 Å². The van der Waals surface area contributed by atoms with Crippen LogP contribution >= 0.6 is 0 Å². The molecule has 2 unspecified atom stereocenters. The summed E-state index contributed by atoms with van der Waals surface area (Å²) in [5.41, 5.74) is 0. The van der Waals surface area contributed by atoms with E-state index in [1.807, 2.05) is 0 Å². The van der Waals surface area contributed by atoms with E-state index in [9.17, 15) is 17.6 Å². The molecule has 25 heavy (non-hydrogen) atoms. The molecule has 2 atom stereocenters. The fourth-order valence-corrected chi connectivity index (χ4v) is 4.95. The number of carbonyl (C=O) groups excluding carboxylic acids is 1. The Hall–Kier alpha value is -1.51. The summed E-state index contributed by atoms with van der Waals surface area (Å²) in [4.78, 5) is 12.6. The van der Waals surface area contributed by atoms with Crippen molar-refractivity contribution < 1.29 is 17.6 Å². The maximum atomic E-state index is 13.0. The molecule has 8 heteroatoms. The Morgan fingerprint density at radius 2 is 1.96 bits per heavy atom. The van der Waals surface area contributed by atoms with Gasteiger partial charge in [-0.05, 0) is 56.5 Å². The third-order valence-electron chi connectivity index (χ3n) is 4.85. The Labute approximate surface area is 147 Å². The van der Waals surface area contributed by atoms with E-state index in [2.05, 4.69) is 10.6 Å². The van der Waals surface area contributed by atoms with Crippen LogP contribution in [0.3, 0.4) is 0 Å². The van der Waals surface area contributed by atoms with E-state index in [4.69, 9.17) is 0 Å². The molecule has 2 fully saturated rings. The number of sulfonamides is 1. The summed E-state index contributed by atoms with van der Waals surface area (Å²) < 4.78 is 39.8. The molecular formula is C17H24FN3O3S. The van der Waals surface area contributed by atoms with Crippen LogP contribution in [0.2, 0.25) is 0 Å². The second-order valence-corrected chi connectivity index (χ2v) is 8.65. The van der Waals surface area contributed by atoms with Crippen LogP contribution in [0.5, 0.6) is 0 Å². The molecule has 1 amide bonds. The molecule has 2 heterocycles. The van der Waals surface area contributed by atoms with Crippen LogP contribution in [0, 0.1) is 11.7 Å². The van der Waals surface area contributed by atoms with Crippen molar-refractivity contribution in [1.82, 2.24) is 14.9 Å². The lowest BCUT2D eigenvalue weighted by molar-refractivity contribution is -0.126. The van der Waals surface area contributed by atoms with Crippen molar-refractivity contribution in [3.8, 4) is 0 Å². The Bertz CT molecular complexity index is 702. The van der Waals surface area contributed by atoms with Gasteiger partial charge in [0.05, 0.1) is 10.8 Å². The number of carbonyl (C=O) groups is 1. The summed E-state index contributed by atoms with van der Waals surface area (Å²) in [7, 11) is -3.70. The molecule has 0 spiro atoms. The summed E-state index contributed by atoms with van der Waals surface area (Å²) in [5.74, 6) is -0.894. The Kier molecular flexibility index (Phi) is 5.71. The lowest BCUT2D eigenvalue weighted by Crippen LogP contribution is -2.51. The standard InChI is InChI=1S/C17H24FN3O3S/c18-14-5-7-16(8-6-14)25(23,24)21-10-2-3-13(12-21)17(22)20-15-4-1-9-19-11-15/h5-8,13,15,19H,1-4,9-12H2,(H,20,22). The van der Waals surface area contributed by atoms with Gasteiger partial charge in [0, 0.05) is 25.7 Å². The first-order valence-corrected chi connectivity index (χ1v) is 10.2. The zero-order valence-electron chi connectivity index (χ0n) is 14.1. The quantitative estimate of drug-likeness (QED) is 0.833. The number of nitrogens with zero attached hydrogens (tertiary/aromatic N) is 1. The summed E-state index contributed by atoms with van der Waals surface area (Å²) in [5, 5.41) is 6.29. The minimum absolute atomic E-state index is 0.0615. The minimum Gasteiger partial charge on any atom is -0.352 e. The molecule has 2 saturated heterocycles. The molecule has 0 saturated carbocycles. The predicted octanol–water partition coefficient (Wildman–Crippen LogP) is 1.09. The number of rotatable bonds is 4. The van der Waals surface area contributed by atoms with Crippen molar-refractivity contribution >= 4 is 15.9 Å². The molecule has 2 aliphatic heterocycles. The van der Waals surface area contributed by atoms with Crippen molar-refractivity contribution in [1.29, 1.82) is 0 Å². The average Bonchev–Trinajstić information content (AvgIpc) is 2.63. The highest BCUT2D eigenvalue weighted by molar-refractivity contribution is 7.89. The highest BCUT2D eigenvalue weighted by Gasteiger charge is 2.34. The first-order valence-electron chi connectivity index (χ1n) is 8.73. The molecule has 138 valence electrons. The molecule has 0 radical (unpaired) electrons. The molecule has 2 N–H and O–H groups in total. The van der Waals surface area contributed by atoms with E-state index in [1.54, 1.807) is 0 Å². The number of nitrogens with one attached hydrogen (secondary N) is 2. The number of hydrogen-bond acceptors (Lipinski definition) is 4. The number of benzene rings is 1. The van der Waals surface area contributed by atoms with Gasteiger partial charge < -0.3 is 10.6 Å². The number of halogens is 1. The van der Waals surface area contributed by atoms with Gasteiger partial charge in [0.15, 0.2) is 0 Å². The van der Waals surface area contributed by atoms with Gasteiger partial charge in [-0.3, -0.25) is 4.79 Å². The Morgan fingerprint density at radius 3 is 2.64 bits per heavy atom. The normalized spacial score (nSPS) is 25.5. The van der Waals surface area contributed by atoms with Gasteiger partial charge in [-0.1, -0.05) is 0 Å². The molecular weight excluding hydrogens is 345 g/mol. The first kappa shape index (κ1) is 18.3. The topological polar surface area (TPSA) is 78.5 Å². The fraction of sp³-hybridized carbons (Fsp3) is 0.588. The van der Waals surface area contributed by atoms with Crippen molar-refractivity contribution in [2.75, 3.05) is 26.2 Å². The van der Waals surface area contributed by atoms with E-state index in [0.717, 1.165) is 38.1 Å². The van der Waals surface area contributed by atoms with Crippen LogP contribution in [0.1, 0.15) is 25.7 Å². The molecule has 6 nitrogen and oxygen atoms in total. The lowest BCUT2D eigenvalue weighted by Gasteiger charge is -2.33. The van der Waals surface area contributed by atoms with Crippen LogP contribution in [-0.2, 0) is 14.8 Å². The summed E-state index contributed by atoms with van der Waals surface area (Å²) in [6, 6.07) is 4.92. The van der Waals surface area contributed by atoms with E-state index < -0.39 is 15.8 Å². The maximum Gasteiger partial charge on any atom is 0.243 e. The zero-order chi connectivity index (χ0) is 17.9. The number of piperidine rings is 2. The highest BCUT2D eigenvalue weighted by atomic mass is 32.2. The van der Waals surface area contributed by atoms with E-state index in [-0.39, 0.29) is 29.3 Å². The number of amides is 1. The molecule has 0 bridgehead atoms. The molecule has 0 aromatic heterocycles. The summed E-state index contributed by atoms with van der Waals surface area (Å²) >= 11 is 0. The van der Waals surface area contributed by atoms with Crippen molar-refractivity contribution in [3.63, 3.8) is 0 Å². The average molecular weight is 369 g/mol. The molecule has 3 rings (SSSR count). The maximum absolute atomic E-state index is 13.0. The fourth-order valence-electron chi connectivity index (χ4n) is 3.42. The molecule has 1 aromatic rings. The van der Waals surface area contributed by atoms with Crippen LogP contribution in [0.25, 0.3) is 0 Å². The van der Waals surface area contributed by atoms with Gasteiger partial charge in [0.1, 0.15) is 5.82 Å². The SMILES string of the molecule is O=C(NC1CCCNC1)C1CCCN(S(=O)(=O)c2ccc(F)cc2)C1. The number of hydrogen-bond donors (Lipinski definition) is 2. The van der Waals surface area contributed by atoms with E-state index in [0.29, 0.717) is 19.4 Å². The zero-order valence-corrected chi connectivity index (χ0v) is 14.9. The van der Waals surface area contributed by atoms with Crippen molar-refractivity contribution in [3.05, 3.63) is 30.1 Å². The third-order valence-corrected chi connectivity index (χ3v) is 6.73. The van der Waals surface area contributed by atoms with Gasteiger partial charge in [-0.2, -0.15) is 4.31 Å². The highest BCUT2D eigenvalue weighted by Crippen LogP contribution is 2.24. The van der Waals surface area contributed by atoms with Gasteiger partial charge >= 0.3 is 0 Å². The molecule has 2 aliphatic rings. The largest absolute Gasteiger partial charge is 0.352 e. The van der Waals surface area contributed by atoms with Gasteiger partial charge in [-0.25, -0.2) is 12.8 Å². The summed E-state index contributed by atoms with van der Waals surface area (Å²) in [6.07, 6.45) is 3.30. The molecule has 1 aromatic carbocycles. The van der Waals surface area contributed by atoms with Crippen LogP contribution in [0.15, 0.2) is 29.2 Å². The monoisotopic (exact) mass is 369 g/mol. The second kappa shape index (κ2) is 7.80. The predicted molar refractivity (Wildman–Crippen MR) is 91.9 cm³/mol.